The smallest absolute Gasteiger partial charge is 0.316 e. The number of hydrogen-bond donors (Lipinski definition) is 2. The molecule has 0 saturated heterocycles. The van der Waals surface area contributed by atoms with E-state index in [1.165, 1.54) is 5.56 Å². The van der Waals surface area contributed by atoms with Crippen LogP contribution in [0.5, 0.6) is 0 Å². The molecule has 0 aromatic heterocycles. The Morgan fingerprint density at radius 2 is 2.06 bits per heavy atom. The number of carbonyl (C=O) groups excluding carboxylic acids is 1. The molecule has 0 atom stereocenters. The van der Waals surface area contributed by atoms with E-state index in [2.05, 4.69) is 26.1 Å². The summed E-state index contributed by atoms with van der Waals surface area (Å²) < 4.78 is 0. The topological polar surface area (TPSA) is 55.1 Å². The van der Waals surface area contributed by atoms with E-state index in [0.29, 0.717) is 11.6 Å². The van der Waals surface area contributed by atoms with Gasteiger partial charge in [-0.25, -0.2) is 4.79 Å². The first-order valence-electron chi connectivity index (χ1n) is 5.60. The summed E-state index contributed by atoms with van der Waals surface area (Å²) in [5.74, 6) is 0.559. The van der Waals surface area contributed by atoms with E-state index in [4.69, 9.17) is 17.3 Å². The third-order valence-electron chi connectivity index (χ3n) is 2.54. The Kier molecular flexibility index (Phi) is 4.40. The van der Waals surface area contributed by atoms with E-state index in [9.17, 15) is 4.79 Å². The summed E-state index contributed by atoms with van der Waals surface area (Å²) >= 11 is 5.80. The largest absolute Gasteiger partial charge is 0.351 e. The number of urea groups is 1. The average molecular weight is 255 g/mol. The van der Waals surface area contributed by atoms with Gasteiger partial charge < -0.3 is 11.1 Å². The Morgan fingerprint density at radius 3 is 2.53 bits per heavy atom. The van der Waals surface area contributed by atoms with Crippen molar-refractivity contribution in [2.75, 3.05) is 11.2 Å². The molecule has 94 valence electrons. The predicted octanol–water partition coefficient (Wildman–Crippen LogP) is 3.26. The summed E-state index contributed by atoms with van der Waals surface area (Å²) in [5.41, 5.74) is 8.27. The number of anilines is 1. The fourth-order valence-electron chi connectivity index (χ4n) is 1.85. The minimum Gasteiger partial charge on any atom is -0.351 e. The minimum absolute atomic E-state index is 0.0621. The second-order valence-corrected chi connectivity index (χ2v) is 5.43. The average Bonchev–Trinajstić information content (AvgIpc) is 2.15. The van der Waals surface area contributed by atoms with Gasteiger partial charge in [-0.05, 0) is 35.1 Å². The van der Waals surface area contributed by atoms with Gasteiger partial charge in [0.15, 0.2) is 0 Å². The maximum absolute atomic E-state index is 10.8. The van der Waals surface area contributed by atoms with Gasteiger partial charge in [0.05, 0.1) is 0 Å². The molecule has 3 N–H and O–H groups in total. The zero-order valence-electron chi connectivity index (χ0n) is 10.5. The van der Waals surface area contributed by atoms with Crippen molar-refractivity contribution in [2.45, 2.75) is 32.6 Å². The van der Waals surface area contributed by atoms with E-state index in [0.717, 1.165) is 12.0 Å². The molecular weight excluding hydrogens is 236 g/mol. The van der Waals surface area contributed by atoms with Crippen LogP contribution in [-0.2, 0) is 11.8 Å². The molecule has 0 aliphatic rings. The van der Waals surface area contributed by atoms with Gasteiger partial charge >= 0.3 is 6.03 Å². The lowest BCUT2D eigenvalue weighted by molar-refractivity contribution is 0.259. The molecule has 0 aliphatic heterocycles. The molecule has 1 aromatic carbocycles. The highest BCUT2D eigenvalue weighted by atomic mass is 35.5. The normalized spacial score (nSPS) is 11.3. The number of nitrogens with one attached hydrogen (secondary N) is 1. The Labute approximate surface area is 107 Å². The van der Waals surface area contributed by atoms with Crippen LogP contribution < -0.4 is 11.1 Å². The number of halogens is 1. The summed E-state index contributed by atoms with van der Waals surface area (Å²) in [6, 6.07) is 5.27. The maximum atomic E-state index is 10.8. The zero-order valence-corrected chi connectivity index (χ0v) is 11.3. The van der Waals surface area contributed by atoms with Gasteiger partial charge in [0.25, 0.3) is 0 Å². The number of alkyl halides is 1. The standard InChI is InChI=1S/C13H19ClN2O/c1-13(2,3)11-5-4-10(16-12(15)17)8-9(11)6-7-14/h4-5,8H,6-7H2,1-3H3,(H3,15,16,17). The molecule has 2 amide bonds. The van der Waals surface area contributed by atoms with E-state index < -0.39 is 6.03 Å². The number of aryl methyl sites for hydroxylation is 1. The highest BCUT2D eigenvalue weighted by Gasteiger charge is 2.17. The van der Waals surface area contributed by atoms with Crippen LogP contribution in [0.1, 0.15) is 31.9 Å². The van der Waals surface area contributed by atoms with E-state index in [-0.39, 0.29) is 5.41 Å². The van der Waals surface area contributed by atoms with Crippen molar-refractivity contribution in [1.29, 1.82) is 0 Å². The van der Waals surface area contributed by atoms with Crippen LogP contribution in [0.15, 0.2) is 18.2 Å². The number of carbonyl (C=O) groups is 1. The molecule has 0 unspecified atom stereocenters. The van der Waals surface area contributed by atoms with Crippen molar-refractivity contribution < 1.29 is 4.79 Å². The van der Waals surface area contributed by atoms with Gasteiger partial charge in [0, 0.05) is 11.6 Å². The van der Waals surface area contributed by atoms with Crippen LogP contribution in [-0.4, -0.2) is 11.9 Å². The van der Waals surface area contributed by atoms with E-state index in [1.54, 1.807) is 0 Å². The molecule has 0 spiro atoms. The molecular formula is C13H19ClN2O. The van der Waals surface area contributed by atoms with Gasteiger partial charge in [0.1, 0.15) is 0 Å². The van der Waals surface area contributed by atoms with Crippen molar-refractivity contribution >= 4 is 23.3 Å². The van der Waals surface area contributed by atoms with Gasteiger partial charge in [-0.3, -0.25) is 0 Å². The lowest BCUT2D eigenvalue weighted by Gasteiger charge is -2.23. The van der Waals surface area contributed by atoms with Gasteiger partial charge in [-0.15, -0.1) is 11.6 Å². The Bertz CT molecular complexity index is 410. The number of amides is 2. The van der Waals surface area contributed by atoms with Crippen LogP contribution in [0.4, 0.5) is 10.5 Å². The van der Waals surface area contributed by atoms with Gasteiger partial charge in [0.2, 0.25) is 0 Å². The third kappa shape index (κ3) is 3.93. The van der Waals surface area contributed by atoms with Crippen molar-refractivity contribution in [2.24, 2.45) is 5.73 Å². The quantitative estimate of drug-likeness (QED) is 0.800. The fourth-order valence-corrected chi connectivity index (χ4v) is 2.06. The monoisotopic (exact) mass is 254 g/mol. The Morgan fingerprint density at radius 1 is 1.41 bits per heavy atom. The first-order chi connectivity index (χ1) is 7.84. The summed E-state index contributed by atoms with van der Waals surface area (Å²) in [6.07, 6.45) is 0.780. The maximum Gasteiger partial charge on any atom is 0.316 e. The number of hydrogen-bond acceptors (Lipinski definition) is 1. The lowest BCUT2D eigenvalue weighted by atomic mass is 9.83. The third-order valence-corrected chi connectivity index (χ3v) is 2.73. The zero-order chi connectivity index (χ0) is 13.1. The second-order valence-electron chi connectivity index (χ2n) is 5.05. The van der Waals surface area contributed by atoms with Crippen molar-refractivity contribution in [3.8, 4) is 0 Å². The number of rotatable bonds is 3. The SMILES string of the molecule is CC(C)(C)c1ccc(NC(N)=O)cc1CCCl. The molecule has 0 radical (unpaired) electrons. The molecule has 3 nitrogen and oxygen atoms in total. The van der Waals surface area contributed by atoms with Crippen molar-refractivity contribution in [1.82, 2.24) is 0 Å². The molecule has 0 fully saturated rings. The molecule has 0 saturated carbocycles. The van der Waals surface area contributed by atoms with Gasteiger partial charge in [-0.1, -0.05) is 26.8 Å². The lowest BCUT2D eigenvalue weighted by Crippen LogP contribution is -2.20. The van der Waals surface area contributed by atoms with E-state index >= 15 is 0 Å². The highest BCUT2D eigenvalue weighted by Crippen LogP contribution is 2.28. The first kappa shape index (κ1) is 13.8. The first-order valence-corrected chi connectivity index (χ1v) is 6.14. The van der Waals surface area contributed by atoms with Crippen LogP contribution in [0.2, 0.25) is 0 Å². The molecule has 4 heteroatoms. The molecule has 1 rings (SSSR count). The van der Waals surface area contributed by atoms with Crippen molar-refractivity contribution in [3.63, 3.8) is 0 Å². The summed E-state index contributed by atoms with van der Waals surface area (Å²) in [6.45, 7) is 6.46. The molecule has 1 aromatic rings. The predicted molar refractivity (Wildman–Crippen MR) is 72.8 cm³/mol. The molecule has 0 aliphatic carbocycles. The van der Waals surface area contributed by atoms with Crippen molar-refractivity contribution in [3.05, 3.63) is 29.3 Å². The number of benzene rings is 1. The number of nitrogens with two attached hydrogens (primary N) is 1. The van der Waals surface area contributed by atoms with Crippen LogP contribution >= 0.6 is 11.6 Å². The Hall–Kier alpha value is -1.22. The second kappa shape index (κ2) is 5.41. The van der Waals surface area contributed by atoms with Crippen LogP contribution in [0, 0.1) is 0 Å². The summed E-state index contributed by atoms with van der Waals surface area (Å²) in [5, 5.41) is 2.58. The van der Waals surface area contributed by atoms with Gasteiger partial charge in [-0.2, -0.15) is 0 Å². The van der Waals surface area contributed by atoms with E-state index in [1.807, 2.05) is 18.2 Å². The molecule has 17 heavy (non-hydrogen) atoms. The van der Waals surface area contributed by atoms with Crippen LogP contribution in [0.3, 0.4) is 0 Å². The number of primary amides is 1. The Balaban J connectivity index is 3.12. The minimum atomic E-state index is -0.551. The summed E-state index contributed by atoms with van der Waals surface area (Å²) in [7, 11) is 0. The van der Waals surface area contributed by atoms with Crippen LogP contribution in [0.25, 0.3) is 0 Å². The highest BCUT2D eigenvalue weighted by molar-refractivity contribution is 6.18. The fraction of sp³-hybridized carbons (Fsp3) is 0.462. The molecule has 0 bridgehead atoms. The summed E-state index contributed by atoms with van der Waals surface area (Å²) in [4.78, 5) is 10.8. The molecule has 0 heterocycles.